The Morgan fingerprint density at radius 2 is 2.08 bits per heavy atom. The molecule has 0 saturated heterocycles. The van der Waals surface area contributed by atoms with E-state index in [4.69, 9.17) is 4.74 Å². The largest absolute Gasteiger partial charge is 0.506 e. The minimum Gasteiger partial charge on any atom is -0.506 e. The average Bonchev–Trinajstić information content (AvgIpc) is 2.58. The molecule has 0 aliphatic heterocycles. The van der Waals surface area contributed by atoms with Crippen molar-refractivity contribution in [1.29, 1.82) is 0 Å². The maximum Gasteiger partial charge on any atom is 0.269 e. The number of methoxy groups -OCH3 is 1. The lowest BCUT2D eigenvalue weighted by Crippen LogP contribution is -2.19. The third kappa shape index (κ3) is 5.01. The van der Waals surface area contributed by atoms with Crippen LogP contribution < -0.4 is 10.2 Å². The van der Waals surface area contributed by atoms with E-state index in [0.717, 1.165) is 0 Å². The molecule has 2 N–H and O–H groups in total. The molecule has 0 heterocycles. The summed E-state index contributed by atoms with van der Waals surface area (Å²) in [6.45, 7) is 0. The fourth-order valence-corrected chi connectivity index (χ4v) is 2.40. The number of hydrogen-bond acceptors (Lipinski definition) is 6. The number of amides is 1. The third-order valence-electron chi connectivity index (χ3n) is 3.21. The first kappa shape index (κ1) is 18.4. The lowest BCUT2D eigenvalue weighted by Gasteiger charge is -2.06. The number of benzene rings is 2. The minimum absolute atomic E-state index is 0.0170. The molecule has 25 heavy (non-hydrogen) atoms. The van der Waals surface area contributed by atoms with E-state index in [9.17, 15) is 20.0 Å². The van der Waals surface area contributed by atoms with E-state index in [2.05, 4.69) is 26.5 Å². The van der Waals surface area contributed by atoms with E-state index in [-0.39, 0.29) is 17.9 Å². The summed E-state index contributed by atoms with van der Waals surface area (Å²) >= 11 is 3.19. The smallest absolute Gasteiger partial charge is 0.269 e. The van der Waals surface area contributed by atoms with Crippen molar-refractivity contribution in [3.05, 3.63) is 62.1 Å². The summed E-state index contributed by atoms with van der Waals surface area (Å²) in [5.41, 5.74) is 3.27. The van der Waals surface area contributed by atoms with Gasteiger partial charge in [0.15, 0.2) is 0 Å². The Labute approximate surface area is 151 Å². The van der Waals surface area contributed by atoms with Crippen LogP contribution in [0.5, 0.6) is 11.5 Å². The number of nitrogens with zero attached hydrogens (tertiary/aromatic N) is 2. The zero-order valence-corrected chi connectivity index (χ0v) is 14.7. The van der Waals surface area contributed by atoms with Crippen molar-refractivity contribution in [3.8, 4) is 11.5 Å². The molecular weight excluding hydrogens is 394 g/mol. The van der Waals surface area contributed by atoms with Gasteiger partial charge in [0, 0.05) is 17.7 Å². The highest BCUT2D eigenvalue weighted by Gasteiger charge is 2.08. The quantitative estimate of drug-likeness (QED) is 0.434. The van der Waals surface area contributed by atoms with Gasteiger partial charge in [-0.15, -0.1) is 0 Å². The molecule has 1 amide bonds. The second kappa shape index (κ2) is 8.25. The molecule has 8 nitrogen and oxygen atoms in total. The van der Waals surface area contributed by atoms with Gasteiger partial charge in [-0.2, -0.15) is 5.10 Å². The van der Waals surface area contributed by atoms with E-state index in [0.29, 0.717) is 21.3 Å². The fraction of sp³-hybridized carbons (Fsp3) is 0.125. The molecule has 0 atom stereocenters. The molecule has 2 aromatic rings. The Balaban J connectivity index is 1.99. The highest BCUT2D eigenvalue weighted by molar-refractivity contribution is 9.10. The summed E-state index contributed by atoms with van der Waals surface area (Å²) in [5, 5.41) is 24.3. The van der Waals surface area contributed by atoms with E-state index in [1.54, 1.807) is 12.1 Å². The van der Waals surface area contributed by atoms with Crippen molar-refractivity contribution in [3.63, 3.8) is 0 Å². The predicted molar refractivity (Wildman–Crippen MR) is 94.9 cm³/mol. The Hall–Kier alpha value is -2.94. The van der Waals surface area contributed by atoms with Gasteiger partial charge in [0.25, 0.3) is 5.69 Å². The van der Waals surface area contributed by atoms with Gasteiger partial charge in [-0.25, -0.2) is 5.43 Å². The monoisotopic (exact) mass is 407 g/mol. The number of halogens is 1. The standard InChI is InChI=1S/C16H14BrN3O5/c1-25-13-7-11(16(22)14(17)8-13)9-18-19-15(21)6-10-2-4-12(5-3-10)20(23)24/h2-5,7-9,22H,6H2,1H3,(H,19,21)/b18-9-. The summed E-state index contributed by atoms with van der Waals surface area (Å²) in [5.74, 6) is 0.0871. The van der Waals surface area contributed by atoms with Crippen molar-refractivity contribution in [2.75, 3.05) is 7.11 Å². The maximum absolute atomic E-state index is 11.8. The molecule has 0 bridgehead atoms. The summed E-state index contributed by atoms with van der Waals surface area (Å²) in [6, 6.07) is 8.83. The van der Waals surface area contributed by atoms with E-state index in [1.165, 1.54) is 37.6 Å². The minimum atomic E-state index is -0.507. The molecule has 0 unspecified atom stereocenters. The van der Waals surface area contributed by atoms with Crippen LogP contribution in [-0.4, -0.2) is 29.3 Å². The van der Waals surface area contributed by atoms with E-state index in [1.807, 2.05) is 0 Å². The van der Waals surface area contributed by atoms with Crippen molar-refractivity contribution in [1.82, 2.24) is 5.43 Å². The number of nitro groups is 1. The van der Waals surface area contributed by atoms with E-state index >= 15 is 0 Å². The van der Waals surface area contributed by atoms with Gasteiger partial charge in [-0.3, -0.25) is 14.9 Å². The van der Waals surface area contributed by atoms with Crippen LogP contribution in [0.3, 0.4) is 0 Å². The van der Waals surface area contributed by atoms with Crippen molar-refractivity contribution >= 4 is 33.7 Å². The van der Waals surface area contributed by atoms with Crippen LogP contribution in [0, 0.1) is 10.1 Å². The number of aromatic hydroxyl groups is 1. The van der Waals surface area contributed by atoms with Gasteiger partial charge < -0.3 is 9.84 Å². The number of phenolic OH excluding ortho intramolecular Hbond substituents is 1. The number of non-ortho nitro benzene ring substituents is 1. The number of hydrogen-bond donors (Lipinski definition) is 2. The molecule has 130 valence electrons. The van der Waals surface area contributed by atoms with Crippen LogP contribution in [0.15, 0.2) is 46.0 Å². The Kier molecular flexibility index (Phi) is 6.07. The zero-order valence-electron chi connectivity index (χ0n) is 13.1. The Morgan fingerprint density at radius 1 is 1.40 bits per heavy atom. The molecule has 2 rings (SSSR count). The molecule has 2 aromatic carbocycles. The number of carbonyl (C=O) groups excluding carboxylic acids is 1. The molecule has 0 aromatic heterocycles. The van der Waals surface area contributed by atoms with Crippen molar-refractivity contribution in [2.24, 2.45) is 5.10 Å². The lowest BCUT2D eigenvalue weighted by molar-refractivity contribution is -0.384. The molecular formula is C16H14BrN3O5. The van der Waals surface area contributed by atoms with Gasteiger partial charge in [0.1, 0.15) is 11.5 Å². The molecule has 0 spiro atoms. The molecule has 0 fully saturated rings. The molecule has 0 radical (unpaired) electrons. The van der Waals surface area contributed by atoms with Crippen molar-refractivity contribution < 1.29 is 19.6 Å². The second-order valence-electron chi connectivity index (χ2n) is 4.94. The first-order valence-corrected chi connectivity index (χ1v) is 7.81. The normalized spacial score (nSPS) is 10.6. The SMILES string of the molecule is COc1cc(Br)c(O)c(/C=N\NC(=O)Cc2ccc([N+](=O)[O-])cc2)c1. The van der Waals surface area contributed by atoms with Gasteiger partial charge in [-0.05, 0) is 33.6 Å². The number of nitro benzene ring substituents is 1. The third-order valence-corrected chi connectivity index (χ3v) is 3.81. The topological polar surface area (TPSA) is 114 Å². The Bertz CT molecular complexity index is 821. The predicted octanol–water partition coefficient (Wildman–Crippen LogP) is 2.76. The summed E-state index contributed by atoms with van der Waals surface area (Å²) in [6.07, 6.45) is 1.31. The maximum atomic E-state index is 11.8. The van der Waals surface area contributed by atoms with Crippen LogP contribution in [0.4, 0.5) is 5.69 Å². The van der Waals surface area contributed by atoms with Crippen molar-refractivity contribution in [2.45, 2.75) is 6.42 Å². The van der Waals surface area contributed by atoms with E-state index < -0.39 is 10.8 Å². The van der Waals surface area contributed by atoms with Crippen LogP contribution in [0.1, 0.15) is 11.1 Å². The molecule has 0 aliphatic carbocycles. The number of hydrazone groups is 1. The number of nitrogens with one attached hydrogen (secondary N) is 1. The molecule has 0 saturated carbocycles. The highest BCUT2D eigenvalue weighted by atomic mass is 79.9. The van der Waals surface area contributed by atoms with Crippen LogP contribution in [0.25, 0.3) is 0 Å². The second-order valence-corrected chi connectivity index (χ2v) is 5.79. The summed E-state index contributed by atoms with van der Waals surface area (Å²) in [7, 11) is 1.49. The molecule has 9 heteroatoms. The first-order valence-electron chi connectivity index (χ1n) is 7.02. The van der Waals surface area contributed by atoms with Crippen LogP contribution >= 0.6 is 15.9 Å². The average molecular weight is 408 g/mol. The van der Waals surface area contributed by atoms with Gasteiger partial charge in [-0.1, -0.05) is 12.1 Å². The Morgan fingerprint density at radius 3 is 2.68 bits per heavy atom. The lowest BCUT2D eigenvalue weighted by atomic mass is 10.1. The number of ether oxygens (including phenoxy) is 1. The number of phenols is 1. The van der Waals surface area contributed by atoms with Crippen LogP contribution in [-0.2, 0) is 11.2 Å². The fourth-order valence-electron chi connectivity index (χ4n) is 1.94. The number of rotatable bonds is 6. The molecule has 0 aliphatic rings. The summed E-state index contributed by atoms with van der Waals surface area (Å²) in [4.78, 5) is 21.9. The zero-order chi connectivity index (χ0) is 18.4. The van der Waals surface area contributed by atoms with Gasteiger partial charge >= 0.3 is 0 Å². The highest BCUT2D eigenvalue weighted by Crippen LogP contribution is 2.31. The van der Waals surface area contributed by atoms with Gasteiger partial charge in [0.2, 0.25) is 5.91 Å². The van der Waals surface area contributed by atoms with Gasteiger partial charge in [0.05, 0.1) is 29.1 Å². The number of carbonyl (C=O) groups is 1. The first-order chi connectivity index (χ1) is 11.9. The summed E-state index contributed by atoms with van der Waals surface area (Å²) < 4.78 is 5.52. The van der Waals surface area contributed by atoms with Crippen LogP contribution in [0.2, 0.25) is 0 Å².